The largest absolute Gasteiger partial charge is 0.497 e. The van der Waals surface area contributed by atoms with Crippen molar-refractivity contribution in [2.24, 2.45) is 0 Å². The normalized spacial score (nSPS) is 14.5. The van der Waals surface area contributed by atoms with Crippen LogP contribution in [0.1, 0.15) is 56.6 Å². The molecule has 0 aliphatic rings. The van der Waals surface area contributed by atoms with Gasteiger partial charge in [0, 0.05) is 17.8 Å². The quantitative estimate of drug-likeness (QED) is 0.852. The SMILES string of the molecule is COc1cccc(C(CO)NC(C)c2cn(C(C)(C)C)nc2C)c1. The molecular formula is C19H29N3O2. The monoisotopic (exact) mass is 331 g/mol. The van der Waals surface area contributed by atoms with Crippen LogP contribution >= 0.6 is 0 Å². The molecule has 2 unspecified atom stereocenters. The van der Waals surface area contributed by atoms with Gasteiger partial charge in [0.25, 0.3) is 0 Å². The lowest BCUT2D eigenvalue weighted by molar-refractivity contribution is 0.235. The van der Waals surface area contributed by atoms with Gasteiger partial charge in [-0.15, -0.1) is 0 Å². The van der Waals surface area contributed by atoms with Crippen molar-refractivity contribution in [3.05, 3.63) is 47.3 Å². The van der Waals surface area contributed by atoms with E-state index in [1.807, 2.05) is 35.9 Å². The summed E-state index contributed by atoms with van der Waals surface area (Å²) in [7, 11) is 1.65. The second kappa shape index (κ2) is 7.36. The number of rotatable bonds is 6. The number of aliphatic hydroxyl groups is 1. The van der Waals surface area contributed by atoms with Crippen molar-refractivity contribution in [2.75, 3.05) is 13.7 Å². The highest BCUT2D eigenvalue weighted by Gasteiger charge is 2.21. The number of hydrogen-bond donors (Lipinski definition) is 2. The van der Waals surface area contributed by atoms with Gasteiger partial charge in [0.05, 0.1) is 31.0 Å². The van der Waals surface area contributed by atoms with Crippen LogP contribution in [0.25, 0.3) is 0 Å². The fourth-order valence-electron chi connectivity index (χ4n) is 2.75. The second-order valence-electron chi connectivity index (χ2n) is 7.19. The number of nitrogens with one attached hydrogen (secondary N) is 1. The topological polar surface area (TPSA) is 59.3 Å². The third-order valence-corrected chi connectivity index (χ3v) is 4.22. The summed E-state index contributed by atoms with van der Waals surface area (Å²) < 4.78 is 7.27. The van der Waals surface area contributed by atoms with Crippen LogP contribution in [-0.2, 0) is 5.54 Å². The van der Waals surface area contributed by atoms with Crippen molar-refractivity contribution in [3.8, 4) is 5.75 Å². The van der Waals surface area contributed by atoms with Crippen LogP contribution in [0, 0.1) is 6.92 Å². The molecule has 0 aliphatic carbocycles. The molecule has 2 rings (SSSR count). The van der Waals surface area contributed by atoms with Gasteiger partial charge >= 0.3 is 0 Å². The first-order valence-corrected chi connectivity index (χ1v) is 8.33. The van der Waals surface area contributed by atoms with Crippen LogP contribution in [0.3, 0.4) is 0 Å². The zero-order valence-corrected chi connectivity index (χ0v) is 15.5. The lowest BCUT2D eigenvalue weighted by atomic mass is 10.0. The van der Waals surface area contributed by atoms with Crippen molar-refractivity contribution in [1.82, 2.24) is 15.1 Å². The Kier molecular flexibility index (Phi) is 5.67. The Morgan fingerprint density at radius 3 is 2.58 bits per heavy atom. The fourth-order valence-corrected chi connectivity index (χ4v) is 2.75. The summed E-state index contributed by atoms with van der Waals surface area (Å²) in [6.07, 6.45) is 2.09. The van der Waals surface area contributed by atoms with Gasteiger partial charge in [-0.2, -0.15) is 5.10 Å². The molecular weight excluding hydrogens is 302 g/mol. The summed E-state index contributed by atoms with van der Waals surface area (Å²) in [6.45, 7) is 10.5. The number of hydrogen-bond acceptors (Lipinski definition) is 4. The van der Waals surface area contributed by atoms with E-state index in [4.69, 9.17) is 4.74 Å². The number of aliphatic hydroxyl groups excluding tert-OH is 1. The summed E-state index contributed by atoms with van der Waals surface area (Å²) in [4.78, 5) is 0. The Morgan fingerprint density at radius 1 is 1.33 bits per heavy atom. The van der Waals surface area contributed by atoms with Crippen molar-refractivity contribution >= 4 is 0 Å². The van der Waals surface area contributed by atoms with Crippen LogP contribution in [0.5, 0.6) is 5.75 Å². The van der Waals surface area contributed by atoms with E-state index in [9.17, 15) is 5.11 Å². The van der Waals surface area contributed by atoms with E-state index in [1.165, 1.54) is 0 Å². The molecule has 0 radical (unpaired) electrons. The van der Waals surface area contributed by atoms with Gasteiger partial charge in [-0.25, -0.2) is 0 Å². The molecule has 2 N–H and O–H groups in total. The van der Waals surface area contributed by atoms with Crippen molar-refractivity contribution in [2.45, 2.75) is 52.2 Å². The second-order valence-corrected chi connectivity index (χ2v) is 7.19. The molecule has 2 aromatic rings. The minimum absolute atomic E-state index is 0.0178. The molecule has 5 nitrogen and oxygen atoms in total. The van der Waals surface area contributed by atoms with E-state index in [0.717, 1.165) is 22.6 Å². The van der Waals surface area contributed by atoms with Crippen LogP contribution in [0.4, 0.5) is 0 Å². The summed E-state index contributed by atoms with van der Waals surface area (Å²) in [5.41, 5.74) is 3.11. The van der Waals surface area contributed by atoms with Crippen LogP contribution in [0.2, 0.25) is 0 Å². The first-order valence-electron chi connectivity index (χ1n) is 8.33. The van der Waals surface area contributed by atoms with E-state index in [0.29, 0.717) is 0 Å². The van der Waals surface area contributed by atoms with Gasteiger partial charge in [0.15, 0.2) is 0 Å². The maximum absolute atomic E-state index is 9.82. The first-order chi connectivity index (χ1) is 11.3. The Morgan fingerprint density at radius 2 is 2.04 bits per heavy atom. The molecule has 0 spiro atoms. The van der Waals surface area contributed by atoms with Gasteiger partial charge in [0.1, 0.15) is 5.75 Å². The molecule has 1 heterocycles. The average Bonchev–Trinajstić information content (AvgIpc) is 2.94. The van der Waals surface area contributed by atoms with Gasteiger partial charge in [-0.1, -0.05) is 12.1 Å². The maximum Gasteiger partial charge on any atom is 0.119 e. The highest BCUT2D eigenvalue weighted by atomic mass is 16.5. The highest BCUT2D eigenvalue weighted by Crippen LogP contribution is 2.25. The molecule has 5 heteroatoms. The Labute approximate surface area is 144 Å². The minimum Gasteiger partial charge on any atom is -0.497 e. The van der Waals surface area contributed by atoms with Gasteiger partial charge < -0.3 is 15.2 Å². The number of ether oxygens (including phenoxy) is 1. The number of aromatic nitrogens is 2. The third-order valence-electron chi connectivity index (χ3n) is 4.22. The van der Waals surface area contributed by atoms with Crippen LogP contribution in [0.15, 0.2) is 30.5 Å². The third kappa shape index (κ3) is 4.16. The first kappa shape index (κ1) is 18.5. The van der Waals surface area contributed by atoms with Gasteiger partial charge in [-0.05, 0) is 52.3 Å². The molecule has 132 valence electrons. The molecule has 2 atom stereocenters. The van der Waals surface area contributed by atoms with E-state index in [1.54, 1.807) is 7.11 Å². The van der Waals surface area contributed by atoms with E-state index in [2.05, 4.69) is 44.3 Å². The Balaban J connectivity index is 2.20. The summed E-state index contributed by atoms with van der Waals surface area (Å²) in [5.74, 6) is 0.789. The van der Waals surface area contributed by atoms with E-state index >= 15 is 0 Å². The number of methoxy groups -OCH3 is 1. The number of nitrogens with zero attached hydrogens (tertiary/aromatic N) is 2. The minimum atomic E-state index is -0.160. The predicted octanol–water partition coefficient (Wildman–Crippen LogP) is 3.34. The Hall–Kier alpha value is -1.85. The van der Waals surface area contributed by atoms with Crippen molar-refractivity contribution in [3.63, 3.8) is 0 Å². The van der Waals surface area contributed by atoms with Gasteiger partial charge in [-0.3, -0.25) is 4.68 Å². The number of aryl methyl sites for hydroxylation is 1. The molecule has 0 bridgehead atoms. The molecule has 0 fully saturated rings. The lowest BCUT2D eigenvalue weighted by Gasteiger charge is -2.23. The molecule has 0 saturated carbocycles. The van der Waals surface area contributed by atoms with Crippen LogP contribution < -0.4 is 10.1 Å². The molecule has 24 heavy (non-hydrogen) atoms. The van der Waals surface area contributed by atoms with Crippen molar-refractivity contribution in [1.29, 1.82) is 0 Å². The predicted molar refractivity (Wildman–Crippen MR) is 96.3 cm³/mol. The van der Waals surface area contributed by atoms with E-state index < -0.39 is 0 Å². The molecule has 0 saturated heterocycles. The van der Waals surface area contributed by atoms with Gasteiger partial charge in [0.2, 0.25) is 0 Å². The smallest absolute Gasteiger partial charge is 0.119 e. The molecule has 0 amide bonds. The zero-order valence-electron chi connectivity index (χ0n) is 15.5. The summed E-state index contributed by atoms with van der Waals surface area (Å²) in [5, 5.41) is 17.9. The van der Waals surface area contributed by atoms with Crippen LogP contribution in [-0.4, -0.2) is 28.6 Å². The fraction of sp³-hybridized carbons (Fsp3) is 0.526. The maximum atomic E-state index is 9.82. The zero-order chi connectivity index (χ0) is 17.9. The summed E-state index contributed by atoms with van der Waals surface area (Å²) in [6, 6.07) is 7.70. The molecule has 0 aliphatic heterocycles. The van der Waals surface area contributed by atoms with Crippen molar-refractivity contribution < 1.29 is 9.84 Å². The summed E-state index contributed by atoms with van der Waals surface area (Å²) >= 11 is 0. The molecule has 1 aromatic heterocycles. The molecule has 1 aromatic carbocycles. The highest BCUT2D eigenvalue weighted by molar-refractivity contribution is 5.31. The van der Waals surface area contributed by atoms with E-state index in [-0.39, 0.29) is 24.2 Å². The average molecular weight is 331 g/mol. The Bertz CT molecular complexity index is 673. The lowest BCUT2D eigenvalue weighted by Crippen LogP contribution is -2.27. The number of benzene rings is 1. The standard InChI is InChI=1S/C19H29N3O2/c1-13(17-11-22(19(3,4)5)21-14(17)2)20-18(12-23)15-8-7-9-16(10-15)24-6/h7-11,13,18,20,23H,12H2,1-6H3.